The molecule has 3 heterocycles. The Hall–Kier alpha value is -3.39. The molecule has 29 heavy (non-hydrogen) atoms. The van der Waals surface area contributed by atoms with Crippen LogP contribution < -0.4 is 5.32 Å². The molecule has 0 radical (unpaired) electrons. The van der Waals surface area contributed by atoms with Gasteiger partial charge in [-0.1, -0.05) is 28.9 Å². The number of nitrogens with one attached hydrogen (secondary N) is 1. The maximum Gasteiger partial charge on any atom is 0.279 e. The summed E-state index contributed by atoms with van der Waals surface area (Å²) in [5.41, 5.74) is 3.76. The predicted octanol–water partition coefficient (Wildman–Crippen LogP) is 3.84. The van der Waals surface area contributed by atoms with Crippen molar-refractivity contribution in [3.63, 3.8) is 0 Å². The summed E-state index contributed by atoms with van der Waals surface area (Å²) in [6.07, 6.45) is 3.39. The Balaban J connectivity index is 1.54. The van der Waals surface area contributed by atoms with Crippen molar-refractivity contribution in [3.05, 3.63) is 70.3 Å². The second-order valence-corrected chi connectivity index (χ2v) is 7.19. The highest BCUT2D eigenvalue weighted by molar-refractivity contribution is 6.30. The van der Waals surface area contributed by atoms with E-state index in [0.29, 0.717) is 23.1 Å². The first kappa shape index (κ1) is 18.9. The number of carbonyl (C=O) groups excluding carboxylic acids is 1. The van der Waals surface area contributed by atoms with E-state index in [-0.39, 0.29) is 11.6 Å². The van der Waals surface area contributed by atoms with Gasteiger partial charge in [0.25, 0.3) is 5.91 Å². The number of hydrogen-bond acceptors (Lipinski definition) is 5. The van der Waals surface area contributed by atoms with Crippen LogP contribution in [-0.4, -0.2) is 30.6 Å². The summed E-state index contributed by atoms with van der Waals surface area (Å²) < 4.78 is 8.81. The van der Waals surface area contributed by atoms with Crippen molar-refractivity contribution in [2.45, 2.75) is 20.4 Å². The van der Waals surface area contributed by atoms with E-state index in [9.17, 15) is 4.79 Å². The number of rotatable bonds is 5. The topological polar surface area (TPSA) is 90.8 Å². The van der Waals surface area contributed by atoms with Crippen molar-refractivity contribution in [2.75, 3.05) is 5.32 Å². The minimum atomic E-state index is -0.373. The molecule has 0 aliphatic rings. The van der Waals surface area contributed by atoms with Gasteiger partial charge in [0, 0.05) is 29.4 Å². The molecule has 0 aliphatic heterocycles. The van der Waals surface area contributed by atoms with Crippen LogP contribution >= 0.6 is 11.6 Å². The van der Waals surface area contributed by atoms with E-state index in [1.165, 1.54) is 0 Å². The van der Waals surface area contributed by atoms with Crippen LogP contribution in [0.1, 0.15) is 27.3 Å². The zero-order valence-electron chi connectivity index (χ0n) is 16.2. The molecule has 1 N–H and O–H groups in total. The van der Waals surface area contributed by atoms with Crippen molar-refractivity contribution in [1.82, 2.24) is 24.7 Å². The standard InChI is InChI=1S/C20H19ClN6O2/c1-12-9-23-27(11-14-4-6-15(21)7-5-14)19(12)24-20(28)17-8-18(29-25-17)16-10-22-26(3)13(16)2/h4-10H,11H2,1-3H3,(H,24,28). The molecule has 148 valence electrons. The second-order valence-electron chi connectivity index (χ2n) is 6.76. The lowest BCUT2D eigenvalue weighted by atomic mass is 10.2. The number of amides is 1. The van der Waals surface area contributed by atoms with Crippen molar-refractivity contribution in [1.29, 1.82) is 0 Å². The van der Waals surface area contributed by atoms with Crippen LogP contribution in [0, 0.1) is 13.8 Å². The highest BCUT2D eigenvalue weighted by Crippen LogP contribution is 2.24. The van der Waals surface area contributed by atoms with Crippen LogP contribution in [0.25, 0.3) is 11.3 Å². The van der Waals surface area contributed by atoms with Crippen LogP contribution in [0.5, 0.6) is 0 Å². The van der Waals surface area contributed by atoms with Gasteiger partial charge in [-0.15, -0.1) is 0 Å². The van der Waals surface area contributed by atoms with Crippen molar-refractivity contribution >= 4 is 23.3 Å². The fourth-order valence-corrected chi connectivity index (χ4v) is 3.07. The smallest absolute Gasteiger partial charge is 0.279 e. The van der Waals surface area contributed by atoms with Crippen molar-refractivity contribution < 1.29 is 9.32 Å². The summed E-state index contributed by atoms with van der Waals surface area (Å²) in [6, 6.07) is 9.09. The summed E-state index contributed by atoms with van der Waals surface area (Å²) in [7, 11) is 1.84. The van der Waals surface area contributed by atoms with Gasteiger partial charge in [0.1, 0.15) is 5.82 Å². The third kappa shape index (κ3) is 3.79. The number of aromatic nitrogens is 5. The molecule has 8 nitrogen and oxygen atoms in total. The minimum Gasteiger partial charge on any atom is -0.355 e. The number of halogens is 1. The molecule has 0 fully saturated rings. The monoisotopic (exact) mass is 410 g/mol. The fraction of sp³-hybridized carbons (Fsp3) is 0.200. The number of benzene rings is 1. The highest BCUT2D eigenvalue weighted by Gasteiger charge is 2.19. The largest absolute Gasteiger partial charge is 0.355 e. The van der Waals surface area contributed by atoms with Crippen LogP contribution in [0.3, 0.4) is 0 Å². The van der Waals surface area contributed by atoms with Gasteiger partial charge >= 0.3 is 0 Å². The van der Waals surface area contributed by atoms with Crippen LogP contribution in [0.15, 0.2) is 47.2 Å². The van der Waals surface area contributed by atoms with Crippen LogP contribution in [0.4, 0.5) is 5.82 Å². The molecule has 1 amide bonds. The second kappa shape index (κ2) is 7.56. The molecular weight excluding hydrogens is 392 g/mol. The van der Waals surface area contributed by atoms with Gasteiger partial charge in [-0.3, -0.25) is 9.48 Å². The highest BCUT2D eigenvalue weighted by atomic mass is 35.5. The molecule has 4 aromatic rings. The maximum atomic E-state index is 12.7. The number of carbonyl (C=O) groups is 1. The fourth-order valence-electron chi connectivity index (χ4n) is 2.95. The maximum absolute atomic E-state index is 12.7. The quantitative estimate of drug-likeness (QED) is 0.539. The van der Waals surface area contributed by atoms with Gasteiger partial charge in [0.05, 0.1) is 24.5 Å². The van der Waals surface area contributed by atoms with Gasteiger partial charge in [-0.05, 0) is 31.5 Å². The average Bonchev–Trinajstić information content (AvgIpc) is 3.40. The van der Waals surface area contributed by atoms with Crippen LogP contribution in [-0.2, 0) is 13.6 Å². The molecule has 4 rings (SSSR count). The molecular formula is C20H19ClN6O2. The van der Waals surface area contributed by atoms with Gasteiger partial charge < -0.3 is 9.84 Å². The molecule has 0 saturated heterocycles. The third-order valence-electron chi connectivity index (χ3n) is 4.74. The van der Waals surface area contributed by atoms with E-state index >= 15 is 0 Å². The first-order valence-electron chi connectivity index (χ1n) is 8.96. The van der Waals surface area contributed by atoms with E-state index in [1.54, 1.807) is 27.8 Å². The first-order chi connectivity index (χ1) is 13.9. The van der Waals surface area contributed by atoms with E-state index in [1.807, 2.05) is 45.2 Å². The van der Waals surface area contributed by atoms with E-state index in [2.05, 4.69) is 20.7 Å². The van der Waals surface area contributed by atoms with Gasteiger partial charge in [-0.25, -0.2) is 4.68 Å². The molecule has 1 aromatic carbocycles. The lowest BCUT2D eigenvalue weighted by molar-refractivity contribution is 0.101. The number of anilines is 1. The lowest BCUT2D eigenvalue weighted by Gasteiger charge is -2.09. The zero-order valence-corrected chi connectivity index (χ0v) is 16.9. The van der Waals surface area contributed by atoms with Gasteiger partial charge in [-0.2, -0.15) is 10.2 Å². The molecule has 0 aliphatic carbocycles. The van der Waals surface area contributed by atoms with E-state index in [0.717, 1.165) is 22.4 Å². The summed E-state index contributed by atoms with van der Waals surface area (Å²) >= 11 is 5.94. The third-order valence-corrected chi connectivity index (χ3v) is 5.00. The van der Waals surface area contributed by atoms with E-state index in [4.69, 9.17) is 16.1 Å². The Morgan fingerprint density at radius 3 is 2.62 bits per heavy atom. The number of nitrogens with zero attached hydrogens (tertiary/aromatic N) is 5. The summed E-state index contributed by atoms with van der Waals surface area (Å²) in [5, 5.41) is 16.0. The first-order valence-corrected chi connectivity index (χ1v) is 9.34. The Morgan fingerprint density at radius 1 is 1.17 bits per heavy atom. The SMILES string of the molecule is Cc1cnn(Cc2ccc(Cl)cc2)c1NC(=O)c1cc(-c2cnn(C)c2C)on1. The van der Waals surface area contributed by atoms with Crippen molar-refractivity contribution in [3.8, 4) is 11.3 Å². The summed E-state index contributed by atoms with van der Waals surface area (Å²) in [4.78, 5) is 12.7. The van der Waals surface area contributed by atoms with Crippen molar-refractivity contribution in [2.24, 2.45) is 7.05 Å². The Morgan fingerprint density at radius 2 is 1.93 bits per heavy atom. The zero-order chi connectivity index (χ0) is 20.5. The van der Waals surface area contributed by atoms with Crippen LogP contribution in [0.2, 0.25) is 5.02 Å². The number of aryl methyl sites for hydroxylation is 2. The Bertz CT molecular complexity index is 1170. The lowest BCUT2D eigenvalue weighted by Crippen LogP contribution is -2.17. The van der Waals surface area contributed by atoms with Gasteiger partial charge in [0.2, 0.25) is 0 Å². The molecule has 0 atom stereocenters. The van der Waals surface area contributed by atoms with E-state index < -0.39 is 0 Å². The minimum absolute atomic E-state index is 0.182. The Kier molecular flexibility index (Phi) is 4.94. The molecule has 0 unspecified atom stereocenters. The molecule has 3 aromatic heterocycles. The average molecular weight is 411 g/mol. The van der Waals surface area contributed by atoms with Gasteiger partial charge in [0.15, 0.2) is 11.5 Å². The molecule has 0 bridgehead atoms. The predicted molar refractivity (Wildman–Crippen MR) is 109 cm³/mol. The molecule has 0 saturated carbocycles. The number of hydrogen-bond donors (Lipinski definition) is 1. The Labute approximate surface area is 172 Å². The molecule has 0 spiro atoms. The normalized spacial score (nSPS) is 11.0. The molecule has 9 heteroatoms. The summed E-state index contributed by atoms with van der Waals surface area (Å²) in [5.74, 6) is 0.724. The summed E-state index contributed by atoms with van der Waals surface area (Å²) in [6.45, 7) is 4.30.